The number of hydrogen-bond acceptors (Lipinski definition) is 1. The predicted molar refractivity (Wildman–Crippen MR) is 67.1 cm³/mol. The molecule has 3 heteroatoms. The molecule has 0 radical (unpaired) electrons. The normalized spacial score (nSPS) is 13.8. The van der Waals surface area contributed by atoms with Crippen molar-refractivity contribution < 1.29 is 8.78 Å². The third-order valence-corrected chi connectivity index (χ3v) is 3.03. The zero-order valence-electron chi connectivity index (χ0n) is 11.0. The van der Waals surface area contributed by atoms with E-state index in [4.69, 9.17) is 0 Å². The van der Waals surface area contributed by atoms with Crippen molar-refractivity contribution in [3.05, 3.63) is 35.4 Å². The zero-order chi connectivity index (χ0) is 13.1. The first-order chi connectivity index (χ1) is 7.86. The van der Waals surface area contributed by atoms with Gasteiger partial charge in [0.05, 0.1) is 0 Å². The maximum absolute atomic E-state index is 13.7. The SMILES string of the molecule is CCNC(C)CC(C)(C)c1ccc(F)cc1F. The van der Waals surface area contributed by atoms with Gasteiger partial charge in [0, 0.05) is 12.1 Å². The van der Waals surface area contributed by atoms with E-state index in [-0.39, 0.29) is 5.41 Å². The van der Waals surface area contributed by atoms with Crippen molar-refractivity contribution in [2.24, 2.45) is 0 Å². The van der Waals surface area contributed by atoms with Gasteiger partial charge in [0.15, 0.2) is 0 Å². The Morgan fingerprint density at radius 2 is 1.94 bits per heavy atom. The van der Waals surface area contributed by atoms with E-state index in [1.807, 2.05) is 20.8 Å². The van der Waals surface area contributed by atoms with Crippen LogP contribution in [0, 0.1) is 11.6 Å². The fourth-order valence-corrected chi connectivity index (χ4v) is 2.33. The van der Waals surface area contributed by atoms with Gasteiger partial charge in [0.25, 0.3) is 0 Å². The minimum atomic E-state index is -0.526. The summed E-state index contributed by atoms with van der Waals surface area (Å²) >= 11 is 0. The third kappa shape index (κ3) is 3.77. The molecule has 0 fully saturated rings. The first-order valence-electron chi connectivity index (χ1n) is 6.05. The molecule has 1 nitrogen and oxygen atoms in total. The van der Waals surface area contributed by atoms with E-state index in [2.05, 4.69) is 12.2 Å². The van der Waals surface area contributed by atoms with Crippen LogP contribution in [0.5, 0.6) is 0 Å². The van der Waals surface area contributed by atoms with Gasteiger partial charge in [-0.05, 0) is 36.9 Å². The Kier molecular flexibility index (Phi) is 4.63. The Balaban J connectivity index is 2.88. The quantitative estimate of drug-likeness (QED) is 0.830. The van der Waals surface area contributed by atoms with Crippen LogP contribution >= 0.6 is 0 Å². The van der Waals surface area contributed by atoms with Gasteiger partial charge in [-0.25, -0.2) is 8.78 Å². The van der Waals surface area contributed by atoms with Crippen molar-refractivity contribution in [2.75, 3.05) is 6.54 Å². The molecular formula is C14H21F2N. The lowest BCUT2D eigenvalue weighted by Gasteiger charge is -2.29. The van der Waals surface area contributed by atoms with Gasteiger partial charge in [0.1, 0.15) is 11.6 Å². The molecule has 1 aromatic carbocycles. The van der Waals surface area contributed by atoms with Crippen LogP contribution in [-0.2, 0) is 5.41 Å². The molecule has 1 N–H and O–H groups in total. The molecule has 17 heavy (non-hydrogen) atoms. The van der Waals surface area contributed by atoms with Gasteiger partial charge < -0.3 is 5.32 Å². The highest BCUT2D eigenvalue weighted by molar-refractivity contribution is 5.26. The van der Waals surface area contributed by atoms with Crippen LogP contribution in [0.15, 0.2) is 18.2 Å². The highest BCUT2D eigenvalue weighted by Gasteiger charge is 2.26. The summed E-state index contributed by atoms with van der Waals surface area (Å²) in [5, 5.41) is 3.31. The molecule has 0 bridgehead atoms. The average molecular weight is 241 g/mol. The number of halogens is 2. The van der Waals surface area contributed by atoms with Crippen molar-refractivity contribution >= 4 is 0 Å². The van der Waals surface area contributed by atoms with Gasteiger partial charge >= 0.3 is 0 Å². The highest BCUT2D eigenvalue weighted by Crippen LogP contribution is 2.30. The molecule has 1 unspecified atom stereocenters. The highest BCUT2D eigenvalue weighted by atomic mass is 19.1. The van der Waals surface area contributed by atoms with E-state index in [0.29, 0.717) is 11.6 Å². The van der Waals surface area contributed by atoms with Crippen LogP contribution < -0.4 is 5.32 Å². The summed E-state index contributed by atoms with van der Waals surface area (Å²) in [5.41, 5.74) is 0.267. The maximum Gasteiger partial charge on any atom is 0.129 e. The van der Waals surface area contributed by atoms with E-state index in [1.54, 1.807) is 6.07 Å². The van der Waals surface area contributed by atoms with Gasteiger partial charge in [-0.15, -0.1) is 0 Å². The molecule has 0 saturated carbocycles. The summed E-state index contributed by atoms with van der Waals surface area (Å²) in [4.78, 5) is 0. The fourth-order valence-electron chi connectivity index (χ4n) is 2.33. The van der Waals surface area contributed by atoms with Crippen molar-refractivity contribution in [2.45, 2.75) is 45.6 Å². The van der Waals surface area contributed by atoms with Crippen molar-refractivity contribution in [1.82, 2.24) is 5.32 Å². The molecule has 1 aromatic rings. The van der Waals surface area contributed by atoms with E-state index in [1.165, 1.54) is 6.07 Å². The number of hydrogen-bond donors (Lipinski definition) is 1. The van der Waals surface area contributed by atoms with E-state index in [9.17, 15) is 8.78 Å². The minimum Gasteiger partial charge on any atom is -0.315 e. The zero-order valence-corrected chi connectivity index (χ0v) is 11.0. The summed E-state index contributed by atoms with van der Waals surface area (Å²) in [5.74, 6) is -0.986. The number of nitrogens with one attached hydrogen (secondary N) is 1. The number of rotatable bonds is 5. The van der Waals surface area contributed by atoms with Crippen LogP contribution in [0.4, 0.5) is 8.78 Å². The Morgan fingerprint density at radius 1 is 1.29 bits per heavy atom. The molecule has 0 heterocycles. The van der Waals surface area contributed by atoms with Crippen LogP contribution in [-0.4, -0.2) is 12.6 Å². The molecule has 0 aliphatic carbocycles. The van der Waals surface area contributed by atoms with Gasteiger partial charge in [-0.1, -0.05) is 26.8 Å². The smallest absolute Gasteiger partial charge is 0.129 e. The molecule has 0 spiro atoms. The summed E-state index contributed by atoms with van der Waals surface area (Å²) in [7, 11) is 0. The van der Waals surface area contributed by atoms with Crippen molar-refractivity contribution in [3.8, 4) is 0 Å². The van der Waals surface area contributed by atoms with Crippen LogP contribution in [0.3, 0.4) is 0 Å². The first kappa shape index (κ1) is 14.1. The Morgan fingerprint density at radius 3 is 2.47 bits per heavy atom. The van der Waals surface area contributed by atoms with Gasteiger partial charge in [-0.3, -0.25) is 0 Å². The standard InChI is InChI=1S/C14H21F2N/c1-5-17-10(2)9-14(3,4)12-7-6-11(15)8-13(12)16/h6-8,10,17H,5,9H2,1-4H3. The van der Waals surface area contributed by atoms with E-state index >= 15 is 0 Å². The molecule has 0 amide bonds. The maximum atomic E-state index is 13.7. The summed E-state index contributed by atoms with van der Waals surface area (Å²) in [6, 6.07) is 4.12. The lowest BCUT2D eigenvalue weighted by Crippen LogP contribution is -2.33. The lowest BCUT2D eigenvalue weighted by atomic mass is 9.79. The Labute approximate surface area is 102 Å². The van der Waals surface area contributed by atoms with Crippen LogP contribution in [0.1, 0.15) is 39.7 Å². The average Bonchev–Trinajstić information content (AvgIpc) is 2.15. The molecule has 0 aliphatic heterocycles. The summed E-state index contributed by atoms with van der Waals surface area (Å²) in [6.07, 6.45) is 0.809. The second-order valence-corrected chi connectivity index (χ2v) is 5.17. The molecule has 0 aromatic heterocycles. The summed E-state index contributed by atoms with van der Waals surface area (Å²) < 4.78 is 26.6. The molecule has 0 saturated heterocycles. The second kappa shape index (κ2) is 5.58. The van der Waals surface area contributed by atoms with Crippen LogP contribution in [0.2, 0.25) is 0 Å². The van der Waals surface area contributed by atoms with E-state index in [0.717, 1.165) is 19.0 Å². The molecule has 0 aliphatic rings. The summed E-state index contributed by atoms with van der Waals surface area (Å²) in [6.45, 7) is 8.98. The minimum absolute atomic E-state index is 0.305. The monoisotopic (exact) mass is 241 g/mol. The Hall–Kier alpha value is -0.960. The lowest BCUT2D eigenvalue weighted by molar-refractivity contribution is 0.380. The number of benzene rings is 1. The largest absolute Gasteiger partial charge is 0.315 e. The van der Waals surface area contributed by atoms with Gasteiger partial charge in [-0.2, -0.15) is 0 Å². The van der Waals surface area contributed by atoms with Crippen molar-refractivity contribution in [1.29, 1.82) is 0 Å². The first-order valence-corrected chi connectivity index (χ1v) is 6.05. The van der Waals surface area contributed by atoms with Gasteiger partial charge in [0.2, 0.25) is 0 Å². The predicted octanol–water partition coefficient (Wildman–Crippen LogP) is 3.63. The van der Waals surface area contributed by atoms with E-state index < -0.39 is 11.6 Å². The fraction of sp³-hybridized carbons (Fsp3) is 0.571. The topological polar surface area (TPSA) is 12.0 Å². The molecule has 96 valence electrons. The molecule has 1 rings (SSSR count). The Bertz CT molecular complexity index is 374. The molecule has 1 atom stereocenters. The van der Waals surface area contributed by atoms with Crippen molar-refractivity contribution in [3.63, 3.8) is 0 Å². The molecular weight excluding hydrogens is 220 g/mol. The second-order valence-electron chi connectivity index (χ2n) is 5.17. The van der Waals surface area contributed by atoms with Crippen LogP contribution in [0.25, 0.3) is 0 Å². The third-order valence-electron chi connectivity index (χ3n) is 3.03.